The Labute approximate surface area is 108 Å². The summed E-state index contributed by atoms with van der Waals surface area (Å²) >= 11 is 0. The van der Waals surface area contributed by atoms with E-state index in [0.29, 0.717) is 31.7 Å². The van der Waals surface area contributed by atoms with Gasteiger partial charge in [-0.25, -0.2) is 8.42 Å². The van der Waals surface area contributed by atoms with Crippen LogP contribution in [0.5, 0.6) is 0 Å². The zero-order valence-corrected chi connectivity index (χ0v) is 11.4. The Morgan fingerprint density at radius 2 is 1.89 bits per heavy atom. The van der Waals surface area contributed by atoms with Crippen LogP contribution in [0.2, 0.25) is 0 Å². The van der Waals surface area contributed by atoms with Gasteiger partial charge in [-0.15, -0.1) is 0 Å². The van der Waals surface area contributed by atoms with E-state index in [1.807, 2.05) is 24.3 Å². The number of rotatable bonds is 3. The summed E-state index contributed by atoms with van der Waals surface area (Å²) in [6.07, 6.45) is 2.69. The van der Waals surface area contributed by atoms with Gasteiger partial charge in [0.1, 0.15) is 9.84 Å². The number of anilines is 1. The van der Waals surface area contributed by atoms with Gasteiger partial charge in [-0.3, -0.25) is 0 Å². The lowest BCUT2D eigenvalue weighted by Crippen LogP contribution is -2.40. The lowest BCUT2D eigenvalue weighted by atomic mass is 9.75. The Balaban J connectivity index is 2.45. The van der Waals surface area contributed by atoms with Gasteiger partial charge in [-0.2, -0.15) is 0 Å². The van der Waals surface area contributed by atoms with Crippen molar-refractivity contribution in [2.75, 3.05) is 31.0 Å². The molecule has 0 unspecified atom stereocenters. The molecule has 1 aromatic rings. The summed E-state index contributed by atoms with van der Waals surface area (Å²) in [6.45, 7) is 1.17. The number of benzene rings is 1. The van der Waals surface area contributed by atoms with Crippen molar-refractivity contribution in [1.29, 1.82) is 0 Å². The molecule has 0 aromatic heterocycles. The largest absolute Gasteiger partial charge is 0.398 e. The van der Waals surface area contributed by atoms with Crippen LogP contribution in [0.3, 0.4) is 0 Å². The van der Waals surface area contributed by atoms with Crippen molar-refractivity contribution in [1.82, 2.24) is 0 Å². The lowest BCUT2D eigenvalue weighted by Gasteiger charge is -2.37. The van der Waals surface area contributed by atoms with E-state index in [2.05, 4.69) is 0 Å². The molecule has 1 aliphatic rings. The topological polar surface area (TPSA) is 69.4 Å². The van der Waals surface area contributed by atoms with Crippen LogP contribution in [0.4, 0.5) is 5.69 Å². The molecule has 0 spiro atoms. The maximum absolute atomic E-state index is 11.7. The summed E-state index contributed by atoms with van der Waals surface area (Å²) in [7, 11) is -3.06. The smallest absolute Gasteiger partial charge is 0.148 e. The highest BCUT2D eigenvalue weighted by Gasteiger charge is 2.38. The van der Waals surface area contributed by atoms with E-state index >= 15 is 0 Å². The highest BCUT2D eigenvalue weighted by atomic mass is 32.2. The Hall–Kier alpha value is -1.07. The van der Waals surface area contributed by atoms with Crippen molar-refractivity contribution in [3.8, 4) is 0 Å². The van der Waals surface area contributed by atoms with E-state index in [-0.39, 0.29) is 5.75 Å². The van der Waals surface area contributed by atoms with Gasteiger partial charge in [0.2, 0.25) is 0 Å². The number of hydrogen-bond donors (Lipinski definition) is 1. The molecule has 5 heteroatoms. The van der Waals surface area contributed by atoms with E-state index < -0.39 is 15.3 Å². The molecule has 1 fully saturated rings. The van der Waals surface area contributed by atoms with E-state index in [1.165, 1.54) is 6.26 Å². The molecule has 2 rings (SSSR count). The van der Waals surface area contributed by atoms with Gasteiger partial charge in [0.25, 0.3) is 0 Å². The van der Waals surface area contributed by atoms with Crippen LogP contribution in [-0.4, -0.2) is 33.6 Å². The second-order valence-electron chi connectivity index (χ2n) is 5.05. The van der Waals surface area contributed by atoms with Crippen molar-refractivity contribution >= 4 is 15.5 Å². The van der Waals surface area contributed by atoms with Gasteiger partial charge < -0.3 is 10.5 Å². The highest BCUT2D eigenvalue weighted by molar-refractivity contribution is 7.90. The molecule has 4 nitrogen and oxygen atoms in total. The molecule has 0 saturated carbocycles. The highest BCUT2D eigenvalue weighted by Crippen LogP contribution is 2.38. The number of hydrogen-bond acceptors (Lipinski definition) is 4. The Morgan fingerprint density at radius 3 is 2.44 bits per heavy atom. The van der Waals surface area contributed by atoms with Gasteiger partial charge >= 0.3 is 0 Å². The summed E-state index contributed by atoms with van der Waals surface area (Å²) in [4.78, 5) is 0. The third-order valence-electron chi connectivity index (χ3n) is 3.52. The zero-order chi connectivity index (χ0) is 13.2. The van der Waals surface area contributed by atoms with Crippen LogP contribution in [0, 0.1) is 0 Å². The molecule has 1 aliphatic heterocycles. The fourth-order valence-corrected chi connectivity index (χ4v) is 4.18. The van der Waals surface area contributed by atoms with Crippen molar-refractivity contribution in [2.45, 2.75) is 18.3 Å². The maximum Gasteiger partial charge on any atom is 0.148 e. The van der Waals surface area contributed by atoms with Crippen LogP contribution in [0.15, 0.2) is 24.3 Å². The van der Waals surface area contributed by atoms with Gasteiger partial charge in [0.05, 0.1) is 5.75 Å². The Morgan fingerprint density at radius 1 is 1.28 bits per heavy atom. The third-order valence-corrected chi connectivity index (χ3v) is 4.60. The molecule has 0 radical (unpaired) electrons. The van der Waals surface area contributed by atoms with Crippen molar-refractivity contribution in [3.05, 3.63) is 29.8 Å². The first-order chi connectivity index (χ1) is 8.43. The molecule has 0 amide bonds. The zero-order valence-electron chi connectivity index (χ0n) is 10.6. The van der Waals surface area contributed by atoms with E-state index in [0.717, 1.165) is 5.56 Å². The molecule has 18 heavy (non-hydrogen) atoms. The second-order valence-corrected chi connectivity index (χ2v) is 7.19. The Bertz CT molecular complexity index is 519. The summed E-state index contributed by atoms with van der Waals surface area (Å²) in [6, 6.07) is 7.54. The SMILES string of the molecule is CS(=O)(=O)CC1(c2ccccc2N)CCOCC1. The predicted molar refractivity (Wildman–Crippen MR) is 72.3 cm³/mol. The third kappa shape index (κ3) is 2.84. The fourth-order valence-electron chi connectivity index (χ4n) is 2.74. The summed E-state index contributed by atoms with van der Waals surface area (Å²) < 4.78 is 28.8. The molecule has 1 heterocycles. The molecule has 0 bridgehead atoms. The van der Waals surface area contributed by atoms with E-state index in [1.54, 1.807) is 0 Å². The van der Waals surface area contributed by atoms with Crippen molar-refractivity contribution in [2.24, 2.45) is 0 Å². The molecule has 0 aliphatic carbocycles. The van der Waals surface area contributed by atoms with Crippen LogP contribution >= 0.6 is 0 Å². The fraction of sp³-hybridized carbons (Fsp3) is 0.538. The average Bonchev–Trinajstić information content (AvgIpc) is 2.28. The van der Waals surface area contributed by atoms with Crippen LogP contribution in [0.1, 0.15) is 18.4 Å². The summed E-state index contributed by atoms with van der Waals surface area (Å²) in [5.74, 6) is 0.136. The first-order valence-corrected chi connectivity index (χ1v) is 8.09. The first-order valence-electron chi connectivity index (χ1n) is 6.03. The van der Waals surface area contributed by atoms with Gasteiger partial charge in [0, 0.05) is 30.6 Å². The van der Waals surface area contributed by atoms with Gasteiger partial charge in [-0.05, 0) is 24.5 Å². The molecular formula is C13H19NO3S. The van der Waals surface area contributed by atoms with Crippen LogP contribution in [-0.2, 0) is 20.0 Å². The van der Waals surface area contributed by atoms with E-state index in [4.69, 9.17) is 10.5 Å². The monoisotopic (exact) mass is 269 g/mol. The normalized spacial score (nSPS) is 19.6. The lowest BCUT2D eigenvalue weighted by molar-refractivity contribution is 0.0577. The van der Waals surface area contributed by atoms with Crippen LogP contribution in [0.25, 0.3) is 0 Å². The molecule has 2 N–H and O–H groups in total. The quantitative estimate of drug-likeness (QED) is 0.841. The number of nitrogen functional groups attached to an aromatic ring is 1. The van der Waals surface area contributed by atoms with Crippen LogP contribution < -0.4 is 5.73 Å². The average molecular weight is 269 g/mol. The van der Waals surface area contributed by atoms with E-state index in [9.17, 15) is 8.42 Å². The predicted octanol–water partition coefficient (Wildman–Crippen LogP) is 1.36. The first kappa shape index (κ1) is 13.4. The minimum atomic E-state index is -3.06. The molecule has 1 aromatic carbocycles. The standard InChI is InChI=1S/C13H19NO3S/c1-18(15,16)10-13(6-8-17-9-7-13)11-4-2-3-5-12(11)14/h2-5H,6-10,14H2,1H3. The number of ether oxygens (including phenoxy) is 1. The maximum atomic E-state index is 11.7. The number of nitrogens with two attached hydrogens (primary N) is 1. The summed E-state index contributed by atoms with van der Waals surface area (Å²) in [5.41, 5.74) is 7.24. The number of sulfone groups is 1. The van der Waals surface area contributed by atoms with Crippen molar-refractivity contribution in [3.63, 3.8) is 0 Å². The molecular weight excluding hydrogens is 250 g/mol. The van der Waals surface area contributed by atoms with Crippen molar-refractivity contribution < 1.29 is 13.2 Å². The molecule has 0 atom stereocenters. The van der Waals surface area contributed by atoms with Gasteiger partial charge in [-0.1, -0.05) is 18.2 Å². The second kappa shape index (κ2) is 4.90. The molecule has 100 valence electrons. The Kier molecular flexibility index (Phi) is 3.64. The minimum absolute atomic E-state index is 0.136. The minimum Gasteiger partial charge on any atom is -0.398 e. The summed E-state index contributed by atoms with van der Waals surface area (Å²) in [5, 5.41) is 0. The van der Waals surface area contributed by atoms with Gasteiger partial charge in [0.15, 0.2) is 0 Å². The number of para-hydroxylation sites is 1. The molecule has 1 saturated heterocycles.